The molecule has 7 nitrogen and oxygen atoms in total. The molecule has 0 saturated carbocycles. The van der Waals surface area contributed by atoms with Gasteiger partial charge in [-0.25, -0.2) is 4.68 Å². The average Bonchev–Trinajstić information content (AvgIpc) is 2.79. The number of fused-ring (bicyclic) bond motifs is 1. The lowest BCUT2D eigenvalue weighted by Gasteiger charge is -2.31. The summed E-state index contributed by atoms with van der Waals surface area (Å²) in [7, 11) is 0. The Morgan fingerprint density at radius 3 is 2.23 bits per heavy atom. The third kappa shape index (κ3) is 4.21. The van der Waals surface area contributed by atoms with Crippen molar-refractivity contribution in [3.63, 3.8) is 0 Å². The maximum Gasteiger partial charge on any atom is 0.274 e. The van der Waals surface area contributed by atoms with Crippen LogP contribution < -0.4 is 10.9 Å². The molecule has 0 radical (unpaired) electrons. The zero-order valence-electron chi connectivity index (χ0n) is 17.7. The lowest BCUT2D eigenvalue weighted by atomic mass is 9.95. The predicted molar refractivity (Wildman–Crippen MR) is 120 cm³/mol. The molecular formula is C24H26N4O3. The minimum absolute atomic E-state index is 0.0183. The Bertz CT molecular complexity index is 1160. The van der Waals surface area contributed by atoms with Gasteiger partial charge in [0.05, 0.1) is 11.4 Å². The first-order valence-electron chi connectivity index (χ1n) is 10.6. The van der Waals surface area contributed by atoms with E-state index in [2.05, 4.69) is 10.4 Å². The number of anilines is 1. The van der Waals surface area contributed by atoms with Crippen LogP contribution >= 0.6 is 0 Å². The van der Waals surface area contributed by atoms with Crippen molar-refractivity contribution in [1.82, 2.24) is 14.7 Å². The predicted octanol–water partition coefficient (Wildman–Crippen LogP) is 3.47. The second-order valence-electron chi connectivity index (χ2n) is 8.16. The van der Waals surface area contributed by atoms with E-state index in [1.165, 1.54) is 4.68 Å². The van der Waals surface area contributed by atoms with Crippen LogP contribution in [0.3, 0.4) is 0 Å². The van der Waals surface area contributed by atoms with E-state index in [1.54, 1.807) is 29.2 Å². The zero-order valence-corrected chi connectivity index (χ0v) is 17.7. The minimum atomic E-state index is -0.201. The first-order chi connectivity index (χ1) is 15.0. The SMILES string of the molecule is CC(C)n1nc(C(=O)N2CCC(C(=O)Nc3ccccc3)CC2)c2ccccc2c1=O. The molecule has 7 heteroatoms. The molecule has 31 heavy (non-hydrogen) atoms. The fourth-order valence-corrected chi connectivity index (χ4v) is 3.97. The monoisotopic (exact) mass is 418 g/mol. The van der Waals surface area contributed by atoms with Crippen molar-refractivity contribution in [2.75, 3.05) is 18.4 Å². The molecule has 1 N–H and O–H groups in total. The van der Waals surface area contributed by atoms with Gasteiger partial charge in [0.15, 0.2) is 5.69 Å². The zero-order chi connectivity index (χ0) is 22.0. The summed E-state index contributed by atoms with van der Waals surface area (Å²) in [5.74, 6) is -0.360. The molecule has 3 aromatic rings. The van der Waals surface area contributed by atoms with Crippen molar-refractivity contribution in [1.29, 1.82) is 0 Å². The van der Waals surface area contributed by atoms with Gasteiger partial charge in [0.2, 0.25) is 5.91 Å². The van der Waals surface area contributed by atoms with Gasteiger partial charge in [-0.1, -0.05) is 36.4 Å². The number of piperidine rings is 1. The number of amides is 2. The number of likely N-dealkylation sites (tertiary alicyclic amines) is 1. The summed E-state index contributed by atoms with van der Waals surface area (Å²) in [5.41, 5.74) is 0.868. The minimum Gasteiger partial charge on any atom is -0.337 e. The first-order valence-corrected chi connectivity index (χ1v) is 10.6. The highest BCUT2D eigenvalue weighted by Crippen LogP contribution is 2.23. The molecule has 2 amide bonds. The number of benzene rings is 2. The molecule has 2 heterocycles. The summed E-state index contributed by atoms with van der Waals surface area (Å²) in [5, 5.41) is 8.42. The quantitative estimate of drug-likeness (QED) is 0.703. The number of carbonyl (C=O) groups excluding carboxylic acids is 2. The van der Waals surface area contributed by atoms with E-state index in [9.17, 15) is 14.4 Å². The van der Waals surface area contributed by atoms with Crippen LogP contribution in [0.4, 0.5) is 5.69 Å². The molecule has 0 aliphatic carbocycles. The molecule has 4 rings (SSSR count). The Labute approximate surface area is 180 Å². The molecule has 2 aromatic carbocycles. The molecule has 0 bridgehead atoms. The number of hydrogen-bond acceptors (Lipinski definition) is 4. The molecule has 0 spiro atoms. The standard InChI is InChI=1S/C24H26N4O3/c1-16(2)28-23(30)20-11-7-6-10-19(20)21(26-28)24(31)27-14-12-17(13-15-27)22(29)25-18-8-4-3-5-9-18/h3-11,16-17H,12-15H2,1-2H3,(H,25,29). The van der Waals surface area contributed by atoms with E-state index in [-0.39, 0.29) is 35.0 Å². The highest BCUT2D eigenvalue weighted by molar-refractivity contribution is 6.05. The summed E-state index contributed by atoms with van der Waals surface area (Å²) in [6, 6.07) is 16.3. The van der Waals surface area contributed by atoms with Crippen molar-refractivity contribution < 1.29 is 9.59 Å². The Morgan fingerprint density at radius 2 is 1.58 bits per heavy atom. The highest BCUT2D eigenvalue weighted by Gasteiger charge is 2.30. The molecule has 1 fully saturated rings. The van der Waals surface area contributed by atoms with Gasteiger partial charge < -0.3 is 10.2 Å². The molecule has 0 unspecified atom stereocenters. The Hall–Kier alpha value is -3.48. The van der Waals surface area contributed by atoms with Crippen LogP contribution in [0.1, 0.15) is 43.2 Å². The summed E-state index contributed by atoms with van der Waals surface area (Å²) < 4.78 is 1.37. The molecule has 1 aromatic heterocycles. The molecule has 160 valence electrons. The smallest absolute Gasteiger partial charge is 0.274 e. The first kappa shape index (κ1) is 20.8. The summed E-state index contributed by atoms with van der Waals surface area (Å²) in [6.07, 6.45) is 1.18. The van der Waals surface area contributed by atoms with E-state index in [4.69, 9.17) is 0 Å². The normalized spacial score (nSPS) is 14.7. The number of hydrogen-bond donors (Lipinski definition) is 1. The van der Waals surface area contributed by atoms with E-state index >= 15 is 0 Å². The maximum atomic E-state index is 13.3. The van der Waals surface area contributed by atoms with Crippen LogP contribution in [0.25, 0.3) is 10.8 Å². The lowest BCUT2D eigenvalue weighted by Crippen LogP contribution is -2.42. The third-order valence-corrected chi connectivity index (χ3v) is 5.71. The molecular weight excluding hydrogens is 392 g/mol. The summed E-state index contributed by atoms with van der Waals surface area (Å²) >= 11 is 0. The van der Waals surface area contributed by atoms with Gasteiger partial charge in [-0.3, -0.25) is 14.4 Å². The van der Waals surface area contributed by atoms with Crippen LogP contribution in [0.5, 0.6) is 0 Å². The third-order valence-electron chi connectivity index (χ3n) is 5.71. The number of nitrogens with one attached hydrogen (secondary N) is 1. The van der Waals surface area contributed by atoms with E-state index in [0.717, 1.165) is 5.69 Å². The number of nitrogens with zero attached hydrogens (tertiary/aromatic N) is 3. The molecule has 0 atom stereocenters. The van der Waals surface area contributed by atoms with Crippen molar-refractivity contribution >= 4 is 28.3 Å². The summed E-state index contributed by atoms with van der Waals surface area (Å²) in [4.78, 5) is 40.3. The van der Waals surface area contributed by atoms with Crippen LogP contribution in [0, 0.1) is 5.92 Å². The number of carbonyl (C=O) groups is 2. The fraction of sp³-hybridized carbons (Fsp3) is 0.333. The molecule has 1 saturated heterocycles. The maximum absolute atomic E-state index is 13.3. The van der Waals surface area contributed by atoms with Crippen molar-refractivity contribution in [2.24, 2.45) is 5.92 Å². The topological polar surface area (TPSA) is 84.3 Å². The van der Waals surface area contributed by atoms with Crippen molar-refractivity contribution in [2.45, 2.75) is 32.7 Å². The van der Waals surface area contributed by atoms with Gasteiger partial charge in [-0.2, -0.15) is 5.10 Å². The van der Waals surface area contributed by atoms with Crippen LogP contribution in [0.15, 0.2) is 59.4 Å². The van der Waals surface area contributed by atoms with E-state index in [1.807, 2.05) is 44.2 Å². The van der Waals surface area contributed by atoms with Crippen molar-refractivity contribution in [3.8, 4) is 0 Å². The highest BCUT2D eigenvalue weighted by atomic mass is 16.2. The Balaban J connectivity index is 1.51. The van der Waals surface area contributed by atoms with Gasteiger partial charge in [-0.05, 0) is 44.9 Å². The largest absolute Gasteiger partial charge is 0.337 e. The van der Waals surface area contributed by atoms with Crippen LogP contribution in [-0.4, -0.2) is 39.6 Å². The number of aromatic nitrogens is 2. The Morgan fingerprint density at radius 1 is 0.968 bits per heavy atom. The van der Waals surface area contributed by atoms with Gasteiger partial charge >= 0.3 is 0 Å². The summed E-state index contributed by atoms with van der Waals surface area (Å²) in [6.45, 7) is 4.69. The number of rotatable bonds is 4. The van der Waals surface area contributed by atoms with Crippen molar-refractivity contribution in [3.05, 3.63) is 70.6 Å². The lowest BCUT2D eigenvalue weighted by molar-refractivity contribution is -0.121. The second kappa shape index (κ2) is 8.71. The van der Waals surface area contributed by atoms with Gasteiger partial charge in [0, 0.05) is 30.1 Å². The van der Waals surface area contributed by atoms with Gasteiger partial charge in [0.25, 0.3) is 11.5 Å². The van der Waals surface area contributed by atoms with Gasteiger partial charge in [0.1, 0.15) is 0 Å². The fourth-order valence-electron chi connectivity index (χ4n) is 3.97. The Kier molecular flexibility index (Phi) is 5.84. The van der Waals surface area contributed by atoms with E-state index < -0.39 is 0 Å². The van der Waals surface area contributed by atoms with E-state index in [0.29, 0.717) is 36.7 Å². The van der Waals surface area contributed by atoms with Crippen LogP contribution in [-0.2, 0) is 4.79 Å². The molecule has 1 aliphatic heterocycles. The van der Waals surface area contributed by atoms with Gasteiger partial charge in [-0.15, -0.1) is 0 Å². The average molecular weight is 418 g/mol. The number of para-hydroxylation sites is 1. The second-order valence-corrected chi connectivity index (χ2v) is 8.16. The van der Waals surface area contributed by atoms with Crippen LogP contribution in [0.2, 0.25) is 0 Å². The molecule has 1 aliphatic rings.